The molecule has 0 N–H and O–H groups in total. The topological polar surface area (TPSA) is 34.0 Å². The molecule has 1 saturated heterocycles. The highest BCUT2D eigenvalue weighted by molar-refractivity contribution is 8.01. The lowest BCUT2D eigenvalue weighted by molar-refractivity contribution is 0.571. The van der Waals surface area contributed by atoms with Gasteiger partial charge in [-0.3, -0.25) is 0 Å². The molecule has 0 aliphatic carbocycles. The highest BCUT2D eigenvalue weighted by Gasteiger charge is 2.22. The van der Waals surface area contributed by atoms with Crippen molar-refractivity contribution in [2.24, 2.45) is 0 Å². The highest BCUT2D eigenvalue weighted by atomic mass is 32.2. The van der Waals surface area contributed by atoms with Crippen LogP contribution in [0.3, 0.4) is 0 Å². The van der Waals surface area contributed by atoms with E-state index >= 15 is 0 Å². The van der Waals surface area contributed by atoms with Gasteiger partial charge in [-0.25, -0.2) is 9.07 Å². The summed E-state index contributed by atoms with van der Waals surface area (Å²) in [5, 5.41) is 6.05. The number of aryl methyl sites for hydroxylation is 1. The van der Waals surface area contributed by atoms with Crippen LogP contribution in [0.4, 0.5) is 10.2 Å². The Morgan fingerprint density at radius 2 is 1.96 bits per heavy atom. The van der Waals surface area contributed by atoms with Gasteiger partial charge in [0.15, 0.2) is 5.82 Å². The van der Waals surface area contributed by atoms with Crippen LogP contribution in [-0.4, -0.2) is 33.1 Å². The third kappa shape index (κ3) is 4.10. The molecular weight excluding hydrogens is 391 g/mol. The summed E-state index contributed by atoms with van der Waals surface area (Å²) in [5.74, 6) is 0.862. The van der Waals surface area contributed by atoms with Gasteiger partial charge in [-0.05, 0) is 43.9 Å². The number of thioether (sulfide) groups is 1. The molecule has 4 nitrogen and oxygen atoms in total. The molecule has 1 aromatic carbocycles. The van der Waals surface area contributed by atoms with E-state index < -0.39 is 0 Å². The first-order valence-electron chi connectivity index (χ1n) is 9.76. The van der Waals surface area contributed by atoms with E-state index in [1.54, 1.807) is 23.5 Å². The van der Waals surface area contributed by atoms with Gasteiger partial charge in [0.2, 0.25) is 5.13 Å². The number of aromatic nitrogens is 3. The Morgan fingerprint density at radius 3 is 2.68 bits per heavy atom. The number of nitrogens with zero attached hydrogens (tertiary/aromatic N) is 4. The molecule has 0 amide bonds. The number of halogens is 1. The molecule has 1 aliphatic heterocycles. The normalized spacial score (nSPS) is 14.8. The molecule has 28 heavy (non-hydrogen) atoms. The van der Waals surface area contributed by atoms with Crippen molar-refractivity contribution in [2.75, 3.05) is 18.0 Å². The van der Waals surface area contributed by atoms with Gasteiger partial charge in [-0.1, -0.05) is 37.3 Å². The van der Waals surface area contributed by atoms with Crippen LogP contribution in [0.15, 0.2) is 34.7 Å². The van der Waals surface area contributed by atoms with Crippen LogP contribution in [0.1, 0.15) is 38.8 Å². The van der Waals surface area contributed by atoms with Crippen LogP contribution >= 0.6 is 23.1 Å². The first-order chi connectivity index (χ1) is 13.5. The summed E-state index contributed by atoms with van der Waals surface area (Å²) in [6.45, 7) is 8.52. The minimum absolute atomic E-state index is 0.234. The summed E-state index contributed by atoms with van der Waals surface area (Å²) in [6.07, 6.45) is 5.72. The molecule has 7 heteroatoms. The zero-order chi connectivity index (χ0) is 19.7. The van der Waals surface area contributed by atoms with E-state index in [-0.39, 0.29) is 5.82 Å². The van der Waals surface area contributed by atoms with E-state index in [1.165, 1.54) is 29.5 Å². The predicted octanol–water partition coefficient (Wildman–Crippen LogP) is 5.93. The molecule has 1 fully saturated rings. The molecule has 0 saturated carbocycles. The minimum Gasteiger partial charge on any atom is -0.355 e. The van der Waals surface area contributed by atoms with E-state index in [2.05, 4.69) is 23.8 Å². The quantitative estimate of drug-likeness (QED) is 0.483. The molecular formula is C21H25FN4S2. The highest BCUT2D eigenvalue weighted by Crippen LogP contribution is 2.40. The summed E-state index contributed by atoms with van der Waals surface area (Å²) >= 11 is 3.56. The number of piperidine rings is 1. The monoisotopic (exact) mass is 416 g/mol. The van der Waals surface area contributed by atoms with Gasteiger partial charge < -0.3 is 4.90 Å². The fourth-order valence-corrected chi connectivity index (χ4v) is 5.93. The molecule has 0 unspecified atom stereocenters. The van der Waals surface area contributed by atoms with Gasteiger partial charge in [0.05, 0.1) is 5.69 Å². The smallest absolute Gasteiger partial charge is 0.213 e. The fourth-order valence-electron chi connectivity index (χ4n) is 3.48. The first-order valence-corrected chi connectivity index (χ1v) is 11.5. The summed E-state index contributed by atoms with van der Waals surface area (Å²) in [5.41, 5.74) is 2.65. The van der Waals surface area contributed by atoms with Crippen molar-refractivity contribution in [3.05, 3.63) is 42.0 Å². The van der Waals surface area contributed by atoms with E-state index in [0.717, 1.165) is 40.9 Å². The molecule has 1 aliphatic rings. The SMILES string of the molecule is Cc1nn(-c2nc(N3CCCCC3)c(SC(C)C)s2)cc1-c1cccc(F)c1. The second-order valence-corrected chi connectivity index (χ2v) is 10.2. The Kier molecular flexibility index (Phi) is 5.73. The van der Waals surface area contributed by atoms with Crippen molar-refractivity contribution in [1.29, 1.82) is 0 Å². The third-order valence-corrected chi connectivity index (χ3v) is 7.03. The summed E-state index contributed by atoms with van der Waals surface area (Å²) in [4.78, 5) is 7.39. The number of thiazole rings is 1. The van der Waals surface area contributed by atoms with Crippen molar-refractivity contribution in [2.45, 2.75) is 49.5 Å². The molecule has 2 aromatic heterocycles. The number of benzene rings is 1. The Bertz CT molecular complexity index is 957. The lowest BCUT2D eigenvalue weighted by Gasteiger charge is -2.27. The Morgan fingerprint density at radius 1 is 1.18 bits per heavy atom. The maximum absolute atomic E-state index is 13.7. The van der Waals surface area contributed by atoms with E-state index in [4.69, 9.17) is 4.98 Å². The maximum Gasteiger partial charge on any atom is 0.213 e. The van der Waals surface area contributed by atoms with Gasteiger partial charge in [0.25, 0.3) is 0 Å². The number of hydrogen-bond donors (Lipinski definition) is 0. The standard InChI is InChI=1S/C21H25FN4S2/c1-14(2)27-20-19(25-10-5-4-6-11-25)23-21(28-20)26-13-18(15(3)24-26)16-8-7-9-17(22)12-16/h7-9,12-14H,4-6,10-11H2,1-3H3. The Labute approximate surface area is 173 Å². The van der Waals surface area contributed by atoms with Crippen LogP contribution in [0.5, 0.6) is 0 Å². The van der Waals surface area contributed by atoms with E-state index in [9.17, 15) is 4.39 Å². The van der Waals surface area contributed by atoms with Crippen LogP contribution < -0.4 is 4.90 Å². The Balaban J connectivity index is 1.71. The van der Waals surface area contributed by atoms with Crippen molar-refractivity contribution < 1.29 is 4.39 Å². The van der Waals surface area contributed by atoms with Gasteiger partial charge in [-0.2, -0.15) is 10.1 Å². The minimum atomic E-state index is -0.234. The number of hydrogen-bond acceptors (Lipinski definition) is 5. The predicted molar refractivity (Wildman–Crippen MR) is 116 cm³/mol. The average Bonchev–Trinajstić information content (AvgIpc) is 3.26. The third-order valence-electron chi connectivity index (χ3n) is 4.80. The molecule has 0 atom stereocenters. The molecule has 0 spiro atoms. The van der Waals surface area contributed by atoms with E-state index in [1.807, 2.05) is 35.6 Å². The number of rotatable bonds is 5. The molecule has 3 heterocycles. The molecule has 4 rings (SSSR count). The van der Waals surface area contributed by atoms with E-state index in [0.29, 0.717) is 5.25 Å². The van der Waals surface area contributed by atoms with Gasteiger partial charge in [-0.15, -0.1) is 11.8 Å². The summed E-state index contributed by atoms with van der Waals surface area (Å²) in [7, 11) is 0. The molecule has 0 radical (unpaired) electrons. The molecule has 3 aromatic rings. The second-order valence-electron chi connectivity index (χ2n) is 7.40. The van der Waals surface area contributed by atoms with Crippen molar-refractivity contribution in [3.8, 4) is 16.3 Å². The number of anilines is 1. The van der Waals surface area contributed by atoms with Crippen LogP contribution in [0.2, 0.25) is 0 Å². The van der Waals surface area contributed by atoms with Crippen LogP contribution in [0, 0.1) is 12.7 Å². The van der Waals surface area contributed by atoms with Crippen molar-refractivity contribution in [3.63, 3.8) is 0 Å². The van der Waals surface area contributed by atoms with Gasteiger partial charge >= 0.3 is 0 Å². The Hall–Kier alpha value is -1.86. The van der Waals surface area contributed by atoms with Gasteiger partial charge in [0.1, 0.15) is 10.0 Å². The first kappa shape index (κ1) is 19.5. The zero-order valence-corrected chi connectivity index (χ0v) is 18.1. The fraction of sp³-hybridized carbons (Fsp3) is 0.429. The van der Waals surface area contributed by atoms with Gasteiger partial charge in [0, 0.05) is 30.1 Å². The van der Waals surface area contributed by atoms with Crippen LogP contribution in [0.25, 0.3) is 16.3 Å². The summed E-state index contributed by atoms with van der Waals surface area (Å²) < 4.78 is 16.8. The molecule has 148 valence electrons. The zero-order valence-electron chi connectivity index (χ0n) is 16.5. The average molecular weight is 417 g/mol. The maximum atomic E-state index is 13.7. The largest absolute Gasteiger partial charge is 0.355 e. The second kappa shape index (κ2) is 8.25. The lowest BCUT2D eigenvalue weighted by atomic mass is 10.1. The van der Waals surface area contributed by atoms with Crippen LogP contribution in [-0.2, 0) is 0 Å². The summed E-state index contributed by atoms with van der Waals surface area (Å²) in [6, 6.07) is 6.66. The lowest BCUT2D eigenvalue weighted by Crippen LogP contribution is -2.30. The molecule has 0 bridgehead atoms. The van der Waals surface area contributed by atoms with Crippen molar-refractivity contribution >= 4 is 28.9 Å². The van der Waals surface area contributed by atoms with Crippen molar-refractivity contribution in [1.82, 2.24) is 14.8 Å².